The van der Waals surface area contributed by atoms with Crippen LogP contribution in [0.25, 0.3) is 0 Å². The molecule has 0 aliphatic carbocycles. The summed E-state index contributed by atoms with van der Waals surface area (Å²) >= 11 is 0. The lowest BCUT2D eigenvalue weighted by atomic mass is 10.1. The van der Waals surface area contributed by atoms with E-state index >= 15 is 0 Å². The lowest BCUT2D eigenvalue weighted by molar-refractivity contribution is 0.0600. The van der Waals surface area contributed by atoms with Gasteiger partial charge in [0.15, 0.2) is 0 Å². The summed E-state index contributed by atoms with van der Waals surface area (Å²) in [6, 6.07) is 12.3. The highest BCUT2D eigenvalue weighted by molar-refractivity contribution is 5.93. The van der Waals surface area contributed by atoms with Crippen LogP contribution in [0, 0.1) is 0 Å². The Morgan fingerprint density at radius 2 is 2.03 bits per heavy atom. The summed E-state index contributed by atoms with van der Waals surface area (Å²) in [6.45, 7) is 3.29. The van der Waals surface area contributed by atoms with Crippen LogP contribution in [0.2, 0.25) is 0 Å². The third-order valence-corrected chi connectivity index (χ3v) is 4.88. The number of nitrogens with zero attached hydrogens (tertiary/aromatic N) is 2. The number of anilines is 1. The van der Waals surface area contributed by atoms with Crippen LogP contribution in [0.5, 0.6) is 5.75 Å². The standard InChI is InChI=1S/C23H29N3O5/c1-25(2)9-11-30-16-17-7-8-21-19(13-17)15-26(10-12-31-21)23(28)24-20-6-4-5-18(14-20)22(27)29-3/h4-8,13-14H,9-12,15-16H2,1-3H3,(H,24,28). The molecule has 0 saturated heterocycles. The number of carbonyl (C=O) groups is 2. The number of fused-ring (bicyclic) bond motifs is 1. The van der Waals surface area contributed by atoms with Crippen molar-refractivity contribution in [2.45, 2.75) is 13.2 Å². The molecule has 166 valence electrons. The van der Waals surface area contributed by atoms with Gasteiger partial charge < -0.3 is 29.3 Å². The van der Waals surface area contributed by atoms with Crippen molar-refractivity contribution in [1.29, 1.82) is 0 Å². The van der Waals surface area contributed by atoms with Crippen LogP contribution in [0.4, 0.5) is 10.5 Å². The molecule has 8 heteroatoms. The van der Waals surface area contributed by atoms with E-state index in [1.54, 1.807) is 29.2 Å². The van der Waals surface area contributed by atoms with Crippen LogP contribution in [0.1, 0.15) is 21.5 Å². The van der Waals surface area contributed by atoms with Gasteiger partial charge in [0.2, 0.25) is 0 Å². The van der Waals surface area contributed by atoms with Gasteiger partial charge in [-0.3, -0.25) is 0 Å². The maximum Gasteiger partial charge on any atom is 0.337 e. The van der Waals surface area contributed by atoms with E-state index in [9.17, 15) is 9.59 Å². The molecule has 0 saturated carbocycles. The molecule has 0 radical (unpaired) electrons. The minimum Gasteiger partial charge on any atom is -0.491 e. The van der Waals surface area contributed by atoms with Crippen molar-refractivity contribution >= 4 is 17.7 Å². The van der Waals surface area contributed by atoms with Crippen LogP contribution in [0.3, 0.4) is 0 Å². The van der Waals surface area contributed by atoms with Crippen LogP contribution in [-0.2, 0) is 22.6 Å². The molecule has 0 aromatic heterocycles. The first kappa shape index (κ1) is 22.6. The first-order chi connectivity index (χ1) is 15.0. The second-order valence-corrected chi connectivity index (χ2v) is 7.57. The molecule has 0 atom stereocenters. The summed E-state index contributed by atoms with van der Waals surface area (Å²) in [4.78, 5) is 28.3. The van der Waals surface area contributed by atoms with Crippen LogP contribution in [0.15, 0.2) is 42.5 Å². The second-order valence-electron chi connectivity index (χ2n) is 7.57. The fraction of sp³-hybridized carbons (Fsp3) is 0.391. The number of hydrogen-bond acceptors (Lipinski definition) is 6. The van der Waals surface area contributed by atoms with Gasteiger partial charge in [0, 0.05) is 17.8 Å². The number of benzene rings is 2. The Balaban J connectivity index is 1.64. The Hall–Kier alpha value is -3.10. The van der Waals surface area contributed by atoms with E-state index in [-0.39, 0.29) is 6.03 Å². The van der Waals surface area contributed by atoms with E-state index in [0.717, 1.165) is 23.4 Å². The maximum atomic E-state index is 12.9. The van der Waals surface area contributed by atoms with Gasteiger partial charge in [-0.15, -0.1) is 0 Å². The average Bonchev–Trinajstić information content (AvgIpc) is 2.98. The molecule has 0 fully saturated rings. The summed E-state index contributed by atoms with van der Waals surface area (Å²) in [5.74, 6) is 0.327. The smallest absolute Gasteiger partial charge is 0.337 e. The fourth-order valence-corrected chi connectivity index (χ4v) is 3.19. The Morgan fingerprint density at radius 3 is 2.81 bits per heavy atom. The van der Waals surface area contributed by atoms with Crippen LogP contribution >= 0.6 is 0 Å². The number of carbonyl (C=O) groups excluding carboxylic acids is 2. The number of ether oxygens (including phenoxy) is 3. The van der Waals surface area contributed by atoms with E-state index in [1.165, 1.54) is 7.11 Å². The zero-order valence-corrected chi connectivity index (χ0v) is 18.2. The molecule has 8 nitrogen and oxygen atoms in total. The molecule has 1 aliphatic heterocycles. The molecule has 0 spiro atoms. The molecular formula is C23H29N3O5. The predicted molar refractivity (Wildman–Crippen MR) is 117 cm³/mol. The maximum absolute atomic E-state index is 12.9. The van der Waals surface area contributed by atoms with Crippen molar-refractivity contribution < 1.29 is 23.8 Å². The molecule has 0 bridgehead atoms. The van der Waals surface area contributed by atoms with E-state index in [1.807, 2.05) is 32.3 Å². The monoisotopic (exact) mass is 427 g/mol. The molecule has 1 heterocycles. The van der Waals surface area contributed by atoms with Gasteiger partial charge in [0.25, 0.3) is 0 Å². The molecule has 31 heavy (non-hydrogen) atoms. The number of methoxy groups -OCH3 is 1. The SMILES string of the molecule is COC(=O)c1cccc(NC(=O)N2CCOc3ccc(COCCN(C)C)cc3C2)c1. The number of urea groups is 1. The van der Waals surface area contributed by atoms with Gasteiger partial charge in [-0.05, 0) is 50.0 Å². The van der Waals surface area contributed by atoms with E-state index in [2.05, 4.69) is 10.2 Å². The minimum absolute atomic E-state index is 0.258. The highest BCUT2D eigenvalue weighted by Crippen LogP contribution is 2.25. The third-order valence-electron chi connectivity index (χ3n) is 4.88. The molecule has 2 amide bonds. The van der Waals surface area contributed by atoms with Gasteiger partial charge in [-0.1, -0.05) is 12.1 Å². The summed E-state index contributed by atoms with van der Waals surface area (Å²) in [5.41, 5.74) is 2.88. The molecule has 2 aromatic carbocycles. The van der Waals surface area contributed by atoms with Crippen molar-refractivity contribution in [2.24, 2.45) is 0 Å². The normalized spacial score (nSPS) is 13.2. The zero-order valence-electron chi connectivity index (χ0n) is 18.2. The van der Waals surface area contributed by atoms with Gasteiger partial charge in [-0.2, -0.15) is 0 Å². The van der Waals surface area contributed by atoms with Crippen molar-refractivity contribution in [2.75, 3.05) is 52.8 Å². The van der Waals surface area contributed by atoms with Crippen molar-refractivity contribution in [3.63, 3.8) is 0 Å². The summed E-state index contributed by atoms with van der Waals surface area (Å²) in [7, 11) is 5.34. The highest BCUT2D eigenvalue weighted by atomic mass is 16.5. The van der Waals surface area contributed by atoms with Gasteiger partial charge in [-0.25, -0.2) is 9.59 Å². The largest absolute Gasteiger partial charge is 0.491 e. The summed E-state index contributed by atoms with van der Waals surface area (Å²) in [6.07, 6.45) is 0. The zero-order chi connectivity index (χ0) is 22.2. The third kappa shape index (κ3) is 6.44. The van der Waals surface area contributed by atoms with Crippen molar-refractivity contribution in [3.8, 4) is 5.75 Å². The number of nitrogens with one attached hydrogen (secondary N) is 1. The fourth-order valence-electron chi connectivity index (χ4n) is 3.19. The van der Waals surface area contributed by atoms with Gasteiger partial charge in [0.05, 0.1) is 39.0 Å². The van der Waals surface area contributed by atoms with Crippen LogP contribution in [-0.4, -0.2) is 69.3 Å². The summed E-state index contributed by atoms with van der Waals surface area (Å²) < 4.78 is 16.3. The number of hydrogen-bond donors (Lipinski definition) is 1. The number of likely N-dealkylation sites (N-methyl/N-ethyl adjacent to an activating group) is 1. The first-order valence-electron chi connectivity index (χ1n) is 10.2. The Morgan fingerprint density at radius 1 is 1.19 bits per heavy atom. The second kappa shape index (κ2) is 10.8. The van der Waals surface area contributed by atoms with Crippen molar-refractivity contribution in [3.05, 3.63) is 59.2 Å². The Labute approximate surface area is 182 Å². The predicted octanol–water partition coefficient (Wildman–Crippen LogP) is 2.98. The Kier molecular flexibility index (Phi) is 7.86. The summed E-state index contributed by atoms with van der Waals surface area (Å²) in [5, 5.41) is 2.85. The average molecular weight is 428 g/mol. The number of esters is 1. The quantitative estimate of drug-likeness (QED) is 0.541. The van der Waals surface area contributed by atoms with Crippen molar-refractivity contribution in [1.82, 2.24) is 9.80 Å². The number of amides is 2. The molecule has 3 rings (SSSR count). The lowest BCUT2D eigenvalue weighted by Gasteiger charge is -2.21. The van der Waals surface area contributed by atoms with Gasteiger partial charge >= 0.3 is 12.0 Å². The molecule has 1 aliphatic rings. The molecule has 2 aromatic rings. The lowest BCUT2D eigenvalue weighted by Crippen LogP contribution is -2.36. The van der Waals surface area contributed by atoms with Crippen LogP contribution < -0.4 is 10.1 Å². The molecular weight excluding hydrogens is 398 g/mol. The first-order valence-corrected chi connectivity index (χ1v) is 10.2. The van der Waals surface area contributed by atoms with E-state index in [0.29, 0.717) is 44.2 Å². The highest BCUT2D eigenvalue weighted by Gasteiger charge is 2.20. The molecule has 1 N–H and O–H groups in total. The number of rotatable bonds is 7. The molecule has 0 unspecified atom stereocenters. The van der Waals surface area contributed by atoms with Gasteiger partial charge in [0.1, 0.15) is 12.4 Å². The topological polar surface area (TPSA) is 80.3 Å². The Bertz CT molecular complexity index is 916. The van der Waals surface area contributed by atoms with E-state index < -0.39 is 5.97 Å². The van der Waals surface area contributed by atoms with E-state index in [4.69, 9.17) is 14.2 Å². The minimum atomic E-state index is -0.450.